The predicted molar refractivity (Wildman–Crippen MR) is 108 cm³/mol. The second kappa shape index (κ2) is 10.5. The van der Waals surface area contributed by atoms with Crippen LogP contribution in [0.4, 0.5) is 5.69 Å². The summed E-state index contributed by atoms with van der Waals surface area (Å²) in [5.41, 5.74) is 0.698. The first-order valence-electron chi connectivity index (χ1n) is 9.59. The van der Waals surface area contributed by atoms with E-state index in [0.717, 1.165) is 32.4 Å². The fraction of sp³-hybridized carbons (Fsp3) is 0.600. The SMILES string of the molecule is COc1ccccc1NC(=O)C1CCN(C(=O)CCC2CCNC2)CC1.Cl. The fourth-order valence-electron chi connectivity index (χ4n) is 3.82. The number of amides is 2. The van der Waals surface area contributed by atoms with Crippen LogP contribution in [0.15, 0.2) is 24.3 Å². The summed E-state index contributed by atoms with van der Waals surface area (Å²) in [6, 6.07) is 7.42. The molecule has 2 heterocycles. The first-order valence-corrected chi connectivity index (χ1v) is 9.59. The first-order chi connectivity index (χ1) is 12.7. The summed E-state index contributed by atoms with van der Waals surface area (Å²) in [7, 11) is 1.59. The Balaban J connectivity index is 0.00000261. The highest BCUT2D eigenvalue weighted by Crippen LogP contribution is 2.26. The number of rotatable bonds is 6. The third-order valence-electron chi connectivity index (χ3n) is 5.51. The van der Waals surface area contributed by atoms with Crippen molar-refractivity contribution < 1.29 is 14.3 Å². The largest absolute Gasteiger partial charge is 0.495 e. The highest BCUT2D eigenvalue weighted by molar-refractivity contribution is 5.94. The molecule has 1 aromatic rings. The lowest BCUT2D eigenvalue weighted by Crippen LogP contribution is -2.41. The number of benzene rings is 1. The van der Waals surface area contributed by atoms with Gasteiger partial charge in [0.1, 0.15) is 5.75 Å². The van der Waals surface area contributed by atoms with Crippen LogP contribution >= 0.6 is 12.4 Å². The van der Waals surface area contributed by atoms with Crippen LogP contribution < -0.4 is 15.4 Å². The van der Waals surface area contributed by atoms with Gasteiger partial charge >= 0.3 is 0 Å². The molecule has 0 bridgehead atoms. The van der Waals surface area contributed by atoms with Gasteiger partial charge in [-0.2, -0.15) is 0 Å². The van der Waals surface area contributed by atoms with Gasteiger partial charge in [0.05, 0.1) is 12.8 Å². The van der Waals surface area contributed by atoms with Gasteiger partial charge in [-0.05, 0) is 56.8 Å². The zero-order valence-electron chi connectivity index (χ0n) is 15.9. The normalized spacial score (nSPS) is 20.0. The molecule has 2 aliphatic heterocycles. The number of anilines is 1. The molecule has 6 nitrogen and oxygen atoms in total. The van der Waals surface area contributed by atoms with Crippen LogP contribution in [-0.2, 0) is 9.59 Å². The van der Waals surface area contributed by atoms with E-state index in [1.807, 2.05) is 29.2 Å². The number of methoxy groups -OCH3 is 1. The zero-order valence-corrected chi connectivity index (χ0v) is 16.7. The number of para-hydroxylation sites is 2. The summed E-state index contributed by atoms with van der Waals surface area (Å²) in [5, 5.41) is 6.31. The number of piperidine rings is 1. The van der Waals surface area contributed by atoms with Crippen LogP contribution in [0.2, 0.25) is 0 Å². The Bertz CT molecular complexity index is 627. The topological polar surface area (TPSA) is 70.7 Å². The average molecular weight is 396 g/mol. The van der Waals surface area contributed by atoms with Gasteiger partial charge in [0.2, 0.25) is 11.8 Å². The van der Waals surface area contributed by atoms with Gasteiger partial charge in [0.15, 0.2) is 0 Å². The molecule has 2 N–H and O–H groups in total. The summed E-state index contributed by atoms with van der Waals surface area (Å²) >= 11 is 0. The Morgan fingerprint density at radius 3 is 2.63 bits per heavy atom. The molecule has 150 valence electrons. The van der Waals surface area contributed by atoms with Crippen LogP contribution in [0.25, 0.3) is 0 Å². The molecular weight excluding hydrogens is 366 g/mol. The predicted octanol–water partition coefficient (Wildman–Crippen LogP) is 2.68. The molecule has 0 radical (unpaired) electrons. The van der Waals surface area contributed by atoms with E-state index in [0.29, 0.717) is 36.9 Å². The van der Waals surface area contributed by atoms with Crippen LogP contribution in [0.1, 0.15) is 32.1 Å². The van der Waals surface area contributed by atoms with Crippen molar-refractivity contribution in [2.75, 3.05) is 38.6 Å². The molecule has 1 unspecified atom stereocenters. The Kier molecular flexibility index (Phi) is 8.38. The number of hydrogen-bond acceptors (Lipinski definition) is 4. The van der Waals surface area contributed by atoms with Crippen molar-refractivity contribution in [1.82, 2.24) is 10.2 Å². The summed E-state index contributed by atoms with van der Waals surface area (Å²) in [5.74, 6) is 1.50. The molecule has 1 aromatic carbocycles. The molecule has 1 atom stereocenters. The molecule has 0 aliphatic carbocycles. The summed E-state index contributed by atoms with van der Waals surface area (Å²) in [6.45, 7) is 3.46. The van der Waals surface area contributed by atoms with E-state index in [1.54, 1.807) is 7.11 Å². The third kappa shape index (κ3) is 5.84. The lowest BCUT2D eigenvalue weighted by Gasteiger charge is -2.31. The maximum absolute atomic E-state index is 12.5. The molecule has 2 fully saturated rings. The Labute approximate surface area is 167 Å². The van der Waals surface area contributed by atoms with Gasteiger partial charge < -0.3 is 20.3 Å². The van der Waals surface area contributed by atoms with Crippen molar-refractivity contribution in [2.45, 2.75) is 32.1 Å². The number of hydrogen-bond donors (Lipinski definition) is 2. The number of nitrogens with zero attached hydrogens (tertiary/aromatic N) is 1. The van der Waals surface area contributed by atoms with Gasteiger partial charge in [-0.1, -0.05) is 12.1 Å². The maximum Gasteiger partial charge on any atom is 0.227 e. The number of carbonyl (C=O) groups is 2. The Morgan fingerprint density at radius 1 is 1.22 bits per heavy atom. The summed E-state index contributed by atoms with van der Waals surface area (Å²) < 4.78 is 5.28. The van der Waals surface area contributed by atoms with Crippen molar-refractivity contribution in [3.63, 3.8) is 0 Å². The number of nitrogens with one attached hydrogen (secondary N) is 2. The summed E-state index contributed by atoms with van der Waals surface area (Å²) in [6.07, 6.45) is 4.22. The minimum atomic E-state index is -0.0528. The number of carbonyl (C=O) groups excluding carboxylic acids is 2. The van der Waals surface area contributed by atoms with E-state index in [2.05, 4.69) is 10.6 Å². The molecule has 0 aromatic heterocycles. The van der Waals surface area contributed by atoms with E-state index >= 15 is 0 Å². The number of ether oxygens (including phenoxy) is 1. The lowest BCUT2D eigenvalue weighted by molar-refractivity contribution is -0.134. The molecule has 0 spiro atoms. The minimum absolute atomic E-state index is 0. The highest BCUT2D eigenvalue weighted by atomic mass is 35.5. The van der Waals surface area contributed by atoms with E-state index < -0.39 is 0 Å². The standard InChI is InChI=1S/C20H29N3O3.ClH/c1-26-18-5-3-2-4-17(18)22-20(25)16-9-12-23(13-10-16)19(24)7-6-15-8-11-21-14-15;/h2-5,15-16,21H,6-14H2,1H3,(H,22,25);1H. The molecule has 3 rings (SSSR count). The van der Waals surface area contributed by atoms with E-state index in [1.165, 1.54) is 6.42 Å². The van der Waals surface area contributed by atoms with Gasteiger partial charge in [-0.3, -0.25) is 9.59 Å². The Hall–Kier alpha value is -1.79. The van der Waals surface area contributed by atoms with Gasteiger partial charge in [-0.15, -0.1) is 12.4 Å². The maximum atomic E-state index is 12.5. The zero-order chi connectivity index (χ0) is 18.4. The van der Waals surface area contributed by atoms with Crippen LogP contribution in [0.3, 0.4) is 0 Å². The molecule has 2 saturated heterocycles. The fourth-order valence-corrected chi connectivity index (χ4v) is 3.82. The molecule has 2 aliphatic rings. The molecular formula is C20H30ClN3O3. The Morgan fingerprint density at radius 2 is 1.96 bits per heavy atom. The van der Waals surface area contributed by atoms with Gasteiger partial charge in [-0.25, -0.2) is 0 Å². The number of halogens is 1. The minimum Gasteiger partial charge on any atom is -0.495 e. The average Bonchev–Trinajstić information content (AvgIpc) is 3.20. The number of likely N-dealkylation sites (tertiary alicyclic amines) is 1. The van der Waals surface area contributed by atoms with Gasteiger partial charge in [0, 0.05) is 25.4 Å². The van der Waals surface area contributed by atoms with Crippen LogP contribution in [0.5, 0.6) is 5.75 Å². The van der Waals surface area contributed by atoms with E-state index in [9.17, 15) is 9.59 Å². The smallest absolute Gasteiger partial charge is 0.227 e. The monoisotopic (exact) mass is 395 g/mol. The van der Waals surface area contributed by atoms with Crippen LogP contribution in [-0.4, -0.2) is 50.0 Å². The van der Waals surface area contributed by atoms with Crippen molar-refractivity contribution in [3.8, 4) is 5.75 Å². The molecule has 7 heteroatoms. The van der Waals surface area contributed by atoms with Crippen molar-refractivity contribution in [2.24, 2.45) is 11.8 Å². The summed E-state index contributed by atoms with van der Waals surface area (Å²) in [4.78, 5) is 26.9. The molecule has 0 saturated carbocycles. The van der Waals surface area contributed by atoms with E-state index in [4.69, 9.17) is 4.74 Å². The second-order valence-electron chi connectivity index (χ2n) is 7.24. The van der Waals surface area contributed by atoms with Gasteiger partial charge in [0.25, 0.3) is 0 Å². The van der Waals surface area contributed by atoms with Crippen molar-refractivity contribution >= 4 is 29.9 Å². The lowest BCUT2D eigenvalue weighted by atomic mass is 9.95. The first kappa shape index (κ1) is 21.5. The van der Waals surface area contributed by atoms with Crippen molar-refractivity contribution in [1.29, 1.82) is 0 Å². The van der Waals surface area contributed by atoms with E-state index in [-0.39, 0.29) is 30.1 Å². The molecule has 2 amide bonds. The third-order valence-corrected chi connectivity index (χ3v) is 5.51. The van der Waals surface area contributed by atoms with Crippen LogP contribution in [0, 0.1) is 11.8 Å². The van der Waals surface area contributed by atoms with Crippen molar-refractivity contribution in [3.05, 3.63) is 24.3 Å². The second-order valence-corrected chi connectivity index (χ2v) is 7.24. The molecule has 27 heavy (non-hydrogen) atoms. The highest BCUT2D eigenvalue weighted by Gasteiger charge is 2.28. The quantitative estimate of drug-likeness (QED) is 0.776.